The molecule has 0 aliphatic carbocycles. The topological polar surface area (TPSA) is 61.9 Å². The number of nitrogens with zero attached hydrogens (tertiary/aromatic N) is 2. The first-order valence-electron chi connectivity index (χ1n) is 8.89. The Balaban J connectivity index is 0.00000196. The number of sulfonamides is 1. The van der Waals surface area contributed by atoms with Crippen molar-refractivity contribution in [1.82, 2.24) is 14.5 Å². The summed E-state index contributed by atoms with van der Waals surface area (Å²) < 4.78 is 33.5. The fourth-order valence-electron chi connectivity index (χ4n) is 4.03. The first-order chi connectivity index (χ1) is 11.9. The molecule has 1 aromatic rings. The van der Waals surface area contributed by atoms with Gasteiger partial charge in [0.05, 0.1) is 9.92 Å². The van der Waals surface area contributed by atoms with Crippen LogP contribution >= 0.6 is 24.0 Å². The normalized spacial score (nSPS) is 27.0. The van der Waals surface area contributed by atoms with Gasteiger partial charge in [-0.2, -0.15) is 4.31 Å². The second kappa shape index (κ2) is 7.81. The van der Waals surface area contributed by atoms with Crippen LogP contribution in [0.2, 0.25) is 5.02 Å². The number of fused-ring (bicyclic) bond motifs is 1. The molecule has 4 rings (SSSR count). The van der Waals surface area contributed by atoms with Gasteiger partial charge in [0, 0.05) is 57.3 Å². The molecule has 26 heavy (non-hydrogen) atoms. The quantitative estimate of drug-likeness (QED) is 0.805. The Bertz CT molecular complexity index is 769. The molecule has 0 bridgehead atoms. The van der Waals surface area contributed by atoms with Crippen molar-refractivity contribution in [3.63, 3.8) is 0 Å². The molecule has 1 aromatic carbocycles. The molecule has 2 saturated heterocycles. The smallest absolute Gasteiger partial charge is 0.243 e. The van der Waals surface area contributed by atoms with E-state index in [9.17, 15) is 8.42 Å². The van der Waals surface area contributed by atoms with Crippen LogP contribution in [0.1, 0.15) is 18.9 Å². The number of halogens is 2. The van der Waals surface area contributed by atoms with Gasteiger partial charge < -0.3 is 10.1 Å². The summed E-state index contributed by atoms with van der Waals surface area (Å²) in [4.78, 5) is 2.69. The van der Waals surface area contributed by atoms with Crippen LogP contribution in [-0.4, -0.2) is 69.0 Å². The molecule has 9 heteroatoms. The monoisotopic (exact) mass is 421 g/mol. The largest absolute Gasteiger partial charge is 0.489 e. The standard InChI is InChI=1S/C17H24ClN3O3S.ClH/c1-12-8-13-9-15(10-16(18)17(13)24-12)25(22,23)21-5-2-14(11-21)20-6-3-19-4-7-20;/h9-10,12,14,19H,2-8,11H2,1H3;1H. The number of rotatable bonds is 3. The minimum absolute atomic E-state index is 0. The third kappa shape index (κ3) is 3.70. The van der Waals surface area contributed by atoms with Crippen LogP contribution in [0.3, 0.4) is 0 Å². The first-order valence-corrected chi connectivity index (χ1v) is 10.7. The van der Waals surface area contributed by atoms with E-state index in [2.05, 4.69) is 10.2 Å². The molecule has 2 unspecified atom stereocenters. The number of nitrogens with one attached hydrogen (secondary N) is 1. The molecule has 1 N–H and O–H groups in total. The Morgan fingerprint density at radius 3 is 2.69 bits per heavy atom. The lowest BCUT2D eigenvalue weighted by atomic mass is 10.1. The lowest BCUT2D eigenvalue weighted by Crippen LogP contribution is -2.49. The van der Waals surface area contributed by atoms with Gasteiger partial charge in [-0.05, 0) is 25.5 Å². The highest BCUT2D eigenvalue weighted by Gasteiger charge is 2.36. The van der Waals surface area contributed by atoms with Crippen LogP contribution < -0.4 is 10.1 Å². The molecule has 6 nitrogen and oxygen atoms in total. The second-order valence-corrected chi connectivity index (χ2v) is 9.46. The van der Waals surface area contributed by atoms with Gasteiger partial charge in [0.2, 0.25) is 10.0 Å². The van der Waals surface area contributed by atoms with Gasteiger partial charge in [-0.3, -0.25) is 4.90 Å². The van der Waals surface area contributed by atoms with E-state index in [1.165, 1.54) is 6.07 Å². The second-order valence-electron chi connectivity index (χ2n) is 7.12. The Hall–Kier alpha value is -0.570. The van der Waals surface area contributed by atoms with Crippen molar-refractivity contribution in [3.05, 3.63) is 22.7 Å². The summed E-state index contributed by atoms with van der Waals surface area (Å²) in [6.07, 6.45) is 1.62. The van der Waals surface area contributed by atoms with E-state index < -0.39 is 10.0 Å². The SMILES string of the molecule is CC1Cc2cc(S(=O)(=O)N3CCC(N4CCNCC4)C3)cc(Cl)c2O1.Cl. The van der Waals surface area contributed by atoms with E-state index in [1.54, 1.807) is 10.4 Å². The molecule has 2 fully saturated rings. The number of hydrogen-bond donors (Lipinski definition) is 1. The molecule has 146 valence electrons. The summed E-state index contributed by atoms with van der Waals surface area (Å²) in [5.74, 6) is 0.633. The zero-order valence-electron chi connectivity index (χ0n) is 14.8. The van der Waals surface area contributed by atoms with Gasteiger partial charge in [-0.1, -0.05) is 11.6 Å². The molecule has 0 aromatic heterocycles. The van der Waals surface area contributed by atoms with Crippen molar-refractivity contribution in [1.29, 1.82) is 0 Å². The summed E-state index contributed by atoms with van der Waals surface area (Å²) in [5, 5.41) is 3.73. The summed E-state index contributed by atoms with van der Waals surface area (Å²) in [5.41, 5.74) is 0.886. The van der Waals surface area contributed by atoms with Crippen LogP contribution in [0.25, 0.3) is 0 Å². The van der Waals surface area contributed by atoms with E-state index in [1.807, 2.05) is 6.92 Å². The molecule has 0 amide bonds. The van der Waals surface area contributed by atoms with E-state index in [4.69, 9.17) is 16.3 Å². The van der Waals surface area contributed by atoms with Crippen molar-refractivity contribution < 1.29 is 13.2 Å². The average Bonchev–Trinajstić information content (AvgIpc) is 3.22. The van der Waals surface area contributed by atoms with Crippen molar-refractivity contribution in [3.8, 4) is 5.75 Å². The molecule has 3 heterocycles. The first kappa shape index (κ1) is 20.2. The Morgan fingerprint density at radius 1 is 1.23 bits per heavy atom. The van der Waals surface area contributed by atoms with Crippen molar-refractivity contribution >= 4 is 34.0 Å². The zero-order valence-corrected chi connectivity index (χ0v) is 17.2. The molecular formula is C17H25Cl2N3O3S. The number of piperazine rings is 1. The van der Waals surface area contributed by atoms with Gasteiger partial charge in [0.25, 0.3) is 0 Å². The minimum Gasteiger partial charge on any atom is -0.489 e. The van der Waals surface area contributed by atoms with Gasteiger partial charge >= 0.3 is 0 Å². The Morgan fingerprint density at radius 2 is 1.96 bits per heavy atom. The third-order valence-electron chi connectivity index (χ3n) is 5.35. The average molecular weight is 422 g/mol. The highest BCUT2D eigenvalue weighted by molar-refractivity contribution is 7.89. The van der Waals surface area contributed by atoms with E-state index >= 15 is 0 Å². The fraction of sp³-hybridized carbons (Fsp3) is 0.647. The maximum absolute atomic E-state index is 13.1. The van der Waals surface area contributed by atoms with Crippen molar-refractivity contribution in [2.45, 2.75) is 36.8 Å². The van der Waals surface area contributed by atoms with E-state index in [-0.39, 0.29) is 23.4 Å². The number of hydrogen-bond acceptors (Lipinski definition) is 5. The summed E-state index contributed by atoms with van der Waals surface area (Å²) >= 11 is 6.28. The van der Waals surface area contributed by atoms with Gasteiger partial charge in [0.1, 0.15) is 11.9 Å². The Kier molecular flexibility index (Phi) is 6.06. The number of benzene rings is 1. The van der Waals surface area contributed by atoms with Crippen LogP contribution in [-0.2, 0) is 16.4 Å². The maximum atomic E-state index is 13.1. The molecule has 3 aliphatic heterocycles. The van der Waals surface area contributed by atoms with Gasteiger partial charge in [0.15, 0.2) is 0 Å². The third-order valence-corrected chi connectivity index (χ3v) is 7.48. The Labute approximate surface area is 166 Å². The van der Waals surface area contributed by atoms with E-state index in [0.717, 1.165) is 38.2 Å². The minimum atomic E-state index is -3.52. The van der Waals surface area contributed by atoms with Gasteiger partial charge in [-0.25, -0.2) is 8.42 Å². The summed E-state index contributed by atoms with van der Waals surface area (Å²) in [6.45, 7) is 7.01. The molecule has 0 saturated carbocycles. The molecule has 2 atom stereocenters. The predicted octanol–water partition coefficient (Wildman–Crippen LogP) is 1.75. The molecule has 0 spiro atoms. The fourth-order valence-corrected chi connectivity index (χ4v) is 5.95. The predicted molar refractivity (Wildman–Crippen MR) is 104 cm³/mol. The summed E-state index contributed by atoms with van der Waals surface area (Å²) in [6, 6.07) is 3.58. The van der Waals surface area contributed by atoms with Gasteiger partial charge in [-0.15, -0.1) is 12.4 Å². The molecule has 0 radical (unpaired) electrons. The molecular weight excluding hydrogens is 397 g/mol. The van der Waals surface area contributed by atoms with E-state index in [0.29, 0.717) is 36.3 Å². The van der Waals surface area contributed by atoms with Crippen molar-refractivity contribution in [2.75, 3.05) is 39.3 Å². The van der Waals surface area contributed by atoms with Crippen LogP contribution in [0.15, 0.2) is 17.0 Å². The van der Waals surface area contributed by atoms with Crippen LogP contribution in [0.5, 0.6) is 5.75 Å². The highest BCUT2D eigenvalue weighted by atomic mass is 35.5. The number of ether oxygens (including phenoxy) is 1. The maximum Gasteiger partial charge on any atom is 0.243 e. The van der Waals surface area contributed by atoms with Crippen LogP contribution in [0.4, 0.5) is 0 Å². The lowest BCUT2D eigenvalue weighted by Gasteiger charge is -2.32. The summed E-state index contributed by atoms with van der Waals surface area (Å²) in [7, 11) is -3.52. The van der Waals surface area contributed by atoms with Crippen molar-refractivity contribution in [2.24, 2.45) is 0 Å². The lowest BCUT2D eigenvalue weighted by molar-refractivity contribution is 0.179. The molecule has 3 aliphatic rings. The zero-order chi connectivity index (χ0) is 17.6. The highest BCUT2D eigenvalue weighted by Crippen LogP contribution is 2.39. The van der Waals surface area contributed by atoms with Crippen LogP contribution in [0, 0.1) is 0 Å².